The Morgan fingerprint density at radius 1 is 1.22 bits per heavy atom. The van der Waals surface area contributed by atoms with Crippen molar-refractivity contribution in [2.45, 2.75) is 37.8 Å². The van der Waals surface area contributed by atoms with Crippen molar-refractivity contribution >= 4 is 5.91 Å². The van der Waals surface area contributed by atoms with Crippen molar-refractivity contribution in [3.8, 4) is 0 Å². The topological polar surface area (TPSA) is 46.3 Å². The average Bonchev–Trinajstić information content (AvgIpc) is 3.28. The first-order valence-corrected chi connectivity index (χ1v) is 6.86. The Labute approximate surface area is 108 Å². The fourth-order valence-electron chi connectivity index (χ4n) is 2.37. The number of hydrogen-bond donors (Lipinski definition) is 1. The second-order valence-electron chi connectivity index (χ2n) is 5.55. The molecule has 1 atom stereocenters. The highest BCUT2D eigenvalue weighted by Crippen LogP contribution is 2.35. The summed E-state index contributed by atoms with van der Waals surface area (Å²) in [5, 5.41) is 0. The van der Waals surface area contributed by atoms with Crippen LogP contribution in [0.15, 0.2) is 30.3 Å². The molecule has 2 saturated carbocycles. The summed E-state index contributed by atoms with van der Waals surface area (Å²) in [6.45, 7) is 0.921. The zero-order valence-electron chi connectivity index (χ0n) is 10.6. The SMILES string of the molecule is NC(C(=O)N(CC1CC1)C1CC1)c1ccccc1. The summed E-state index contributed by atoms with van der Waals surface area (Å²) in [6, 6.07) is 9.66. The molecule has 1 aromatic rings. The molecule has 0 aliphatic heterocycles. The highest BCUT2D eigenvalue weighted by Gasteiger charge is 2.38. The third kappa shape index (κ3) is 2.56. The van der Waals surface area contributed by atoms with Crippen LogP contribution in [0.4, 0.5) is 0 Å². The second kappa shape index (κ2) is 4.73. The van der Waals surface area contributed by atoms with Crippen LogP contribution in [0.2, 0.25) is 0 Å². The highest BCUT2D eigenvalue weighted by atomic mass is 16.2. The molecule has 0 aromatic heterocycles. The van der Waals surface area contributed by atoms with Crippen LogP contribution in [-0.2, 0) is 4.79 Å². The number of carbonyl (C=O) groups is 1. The molecule has 0 saturated heterocycles. The van der Waals surface area contributed by atoms with E-state index in [9.17, 15) is 4.79 Å². The number of rotatable bonds is 5. The van der Waals surface area contributed by atoms with Gasteiger partial charge in [0.2, 0.25) is 5.91 Å². The summed E-state index contributed by atoms with van der Waals surface area (Å²) in [6.07, 6.45) is 4.86. The molecule has 2 aliphatic rings. The van der Waals surface area contributed by atoms with E-state index in [0.29, 0.717) is 6.04 Å². The molecule has 18 heavy (non-hydrogen) atoms. The predicted octanol–water partition coefficient (Wildman–Crippen LogP) is 2.09. The van der Waals surface area contributed by atoms with E-state index < -0.39 is 6.04 Å². The van der Waals surface area contributed by atoms with Gasteiger partial charge in [0.1, 0.15) is 6.04 Å². The number of nitrogens with two attached hydrogens (primary N) is 1. The lowest BCUT2D eigenvalue weighted by Crippen LogP contribution is -2.41. The van der Waals surface area contributed by atoms with Crippen molar-refractivity contribution in [1.29, 1.82) is 0 Å². The molecule has 0 bridgehead atoms. The van der Waals surface area contributed by atoms with Crippen LogP contribution in [0.5, 0.6) is 0 Å². The first kappa shape index (κ1) is 11.7. The zero-order valence-corrected chi connectivity index (χ0v) is 10.6. The summed E-state index contributed by atoms with van der Waals surface area (Å²) in [7, 11) is 0. The lowest BCUT2D eigenvalue weighted by atomic mass is 10.1. The molecule has 0 spiro atoms. The third-order valence-corrected chi connectivity index (χ3v) is 3.85. The molecule has 2 aliphatic carbocycles. The molecule has 3 heteroatoms. The molecule has 1 unspecified atom stereocenters. The van der Waals surface area contributed by atoms with Crippen LogP contribution < -0.4 is 5.73 Å². The van der Waals surface area contributed by atoms with Gasteiger partial charge < -0.3 is 10.6 Å². The van der Waals surface area contributed by atoms with Gasteiger partial charge in [0.05, 0.1) is 0 Å². The number of carbonyl (C=O) groups excluding carboxylic acids is 1. The van der Waals surface area contributed by atoms with Crippen LogP contribution in [0, 0.1) is 5.92 Å². The van der Waals surface area contributed by atoms with Crippen LogP contribution in [0.1, 0.15) is 37.3 Å². The minimum absolute atomic E-state index is 0.107. The summed E-state index contributed by atoms with van der Waals surface area (Å²) in [5.41, 5.74) is 7.03. The zero-order chi connectivity index (χ0) is 12.5. The number of amides is 1. The predicted molar refractivity (Wildman–Crippen MR) is 70.8 cm³/mol. The average molecular weight is 244 g/mol. The van der Waals surface area contributed by atoms with Gasteiger partial charge in [0.25, 0.3) is 0 Å². The normalized spacial score (nSPS) is 20.5. The first-order valence-electron chi connectivity index (χ1n) is 6.86. The first-order chi connectivity index (χ1) is 8.75. The van der Waals surface area contributed by atoms with E-state index in [1.807, 2.05) is 35.2 Å². The van der Waals surface area contributed by atoms with E-state index in [1.54, 1.807) is 0 Å². The minimum Gasteiger partial charge on any atom is -0.338 e. The van der Waals surface area contributed by atoms with Gasteiger partial charge in [-0.1, -0.05) is 30.3 Å². The van der Waals surface area contributed by atoms with Crippen molar-refractivity contribution in [1.82, 2.24) is 4.90 Å². The van der Waals surface area contributed by atoms with Gasteiger partial charge in [-0.15, -0.1) is 0 Å². The quantitative estimate of drug-likeness (QED) is 0.862. The summed E-state index contributed by atoms with van der Waals surface area (Å²) >= 11 is 0. The van der Waals surface area contributed by atoms with Gasteiger partial charge in [-0.3, -0.25) is 4.79 Å². The molecule has 2 N–H and O–H groups in total. The van der Waals surface area contributed by atoms with E-state index in [2.05, 4.69) is 0 Å². The Balaban J connectivity index is 1.70. The standard InChI is InChI=1S/C15H20N2O/c16-14(12-4-2-1-3-5-12)15(18)17(13-8-9-13)10-11-6-7-11/h1-5,11,13-14H,6-10,16H2. The molecule has 1 aromatic carbocycles. The molecule has 0 heterocycles. The molecule has 0 radical (unpaired) electrons. The maximum Gasteiger partial charge on any atom is 0.244 e. The molecule has 3 nitrogen and oxygen atoms in total. The molecule has 1 amide bonds. The molecular formula is C15H20N2O. The van der Waals surface area contributed by atoms with Crippen LogP contribution in [0.25, 0.3) is 0 Å². The minimum atomic E-state index is -0.495. The second-order valence-corrected chi connectivity index (χ2v) is 5.55. The van der Waals surface area contributed by atoms with E-state index in [1.165, 1.54) is 12.8 Å². The van der Waals surface area contributed by atoms with Gasteiger partial charge >= 0.3 is 0 Å². The smallest absolute Gasteiger partial charge is 0.244 e. The van der Waals surface area contributed by atoms with Gasteiger partial charge in [0.15, 0.2) is 0 Å². The van der Waals surface area contributed by atoms with Crippen molar-refractivity contribution in [2.24, 2.45) is 11.7 Å². The fourth-order valence-corrected chi connectivity index (χ4v) is 2.37. The van der Waals surface area contributed by atoms with E-state index in [0.717, 1.165) is 30.9 Å². The van der Waals surface area contributed by atoms with Crippen LogP contribution in [0.3, 0.4) is 0 Å². The fraction of sp³-hybridized carbons (Fsp3) is 0.533. The number of nitrogens with zero attached hydrogens (tertiary/aromatic N) is 1. The highest BCUT2D eigenvalue weighted by molar-refractivity contribution is 5.83. The Morgan fingerprint density at radius 3 is 2.44 bits per heavy atom. The maximum absolute atomic E-state index is 12.5. The van der Waals surface area contributed by atoms with Gasteiger partial charge in [-0.25, -0.2) is 0 Å². The van der Waals surface area contributed by atoms with E-state index >= 15 is 0 Å². The van der Waals surface area contributed by atoms with Crippen LogP contribution in [-0.4, -0.2) is 23.4 Å². The summed E-state index contributed by atoms with van der Waals surface area (Å²) in [5.74, 6) is 0.841. The Kier molecular flexibility index (Phi) is 3.08. The lowest BCUT2D eigenvalue weighted by molar-refractivity contribution is -0.133. The van der Waals surface area contributed by atoms with Gasteiger partial charge in [-0.2, -0.15) is 0 Å². The van der Waals surface area contributed by atoms with Crippen molar-refractivity contribution in [3.05, 3.63) is 35.9 Å². The maximum atomic E-state index is 12.5. The Hall–Kier alpha value is -1.35. The van der Waals surface area contributed by atoms with E-state index in [4.69, 9.17) is 5.73 Å². The molecule has 2 fully saturated rings. The van der Waals surface area contributed by atoms with Crippen molar-refractivity contribution in [2.75, 3.05) is 6.54 Å². The Morgan fingerprint density at radius 2 is 1.89 bits per heavy atom. The summed E-state index contributed by atoms with van der Waals surface area (Å²) < 4.78 is 0. The Bertz CT molecular complexity index is 423. The monoisotopic (exact) mass is 244 g/mol. The van der Waals surface area contributed by atoms with Gasteiger partial charge in [0, 0.05) is 12.6 Å². The van der Waals surface area contributed by atoms with Crippen molar-refractivity contribution < 1.29 is 4.79 Å². The van der Waals surface area contributed by atoms with E-state index in [-0.39, 0.29) is 5.91 Å². The van der Waals surface area contributed by atoms with Crippen LogP contribution >= 0.6 is 0 Å². The van der Waals surface area contributed by atoms with Crippen molar-refractivity contribution in [3.63, 3.8) is 0 Å². The largest absolute Gasteiger partial charge is 0.338 e. The third-order valence-electron chi connectivity index (χ3n) is 3.85. The van der Waals surface area contributed by atoms with Gasteiger partial charge in [-0.05, 0) is 37.2 Å². The molecule has 3 rings (SSSR count). The lowest BCUT2D eigenvalue weighted by Gasteiger charge is -2.25. The number of benzene rings is 1. The molecular weight excluding hydrogens is 224 g/mol. The number of hydrogen-bond acceptors (Lipinski definition) is 2. The molecule has 96 valence electrons. The summed E-state index contributed by atoms with van der Waals surface area (Å²) in [4.78, 5) is 14.5.